The SMILES string of the molecule is CC(Cc1ccccc1N)C1CC1(Cl)Cl. The van der Waals surface area contributed by atoms with Gasteiger partial charge in [-0.25, -0.2) is 0 Å². The molecule has 15 heavy (non-hydrogen) atoms. The third-order valence-electron chi connectivity index (χ3n) is 3.16. The van der Waals surface area contributed by atoms with Gasteiger partial charge in [0.1, 0.15) is 4.33 Å². The Kier molecular flexibility index (Phi) is 2.87. The molecule has 1 nitrogen and oxygen atoms in total. The van der Waals surface area contributed by atoms with E-state index in [9.17, 15) is 0 Å². The average molecular weight is 244 g/mol. The van der Waals surface area contributed by atoms with Gasteiger partial charge >= 0.3 is 0 Å². The van der Waals surface area contributed by atoms with E-state index in [0.717, 1.165) is 18.5 Å². The minimum atomic E-state index is -0.483. The monoisotopic (exact) mass is 243 g/mol. The zero-order valence-corrected chi connectivity index (χ0v) is 10.2. The molecule has 2 rings (SSSR count). The molecule has 1 aromatic carbocycles. The van der Waals surface area contributed by atoms with E-state index < -0.39 is 4.33 Å². The molecule has 0 bridgehead atoms. The highest BCUT2D eigenvalue weighted by molar-refractivity contribution is 6.50. The first-order chi connectivity index (χ1) is 7.00. The summed E-state index contributed by atoms with van der Waals surface area (Å²) < 4.78 is -0.483. The van der Waals surface area contributed by atoms with Crippen molar-refractivity contribution < 1.29 is 0 Å². The molecule has 3 heteroatoms. The van der Waals surface area contributed by atoms with Crippen LogP contribution in [0.4, 0.5) is 5.69 Å². The molecule has 0 saturated heterocycles. The molecule has 2 atom stereocenters. The molecule has 1 aliphatic carbocycles. The second-order valence-corrected chi connectivity index (χ2v) is 5.99. The molecule has 1 aromatic rings. The lowest BCUT2D eigenvalue weighted by Gasteiger charge is -2.13. The zero-order chi connectivity index (χ0) is 11.1. The summed E-state index contributed by atoms with van der Waals surface area (Å²) in [6, 6.07) is 7.97. The maximum Gasteiger partial charge on any atom is 0.121 e. The van der Waals surface area contributed by atoms with E-state index in [0.29, 0.717) is 11.8 Å². The van der Waals surface area contributed by atoms with Gasteiger partial charge in [-0.05, 0) is 36.3 Å². The average Bonchev–Trinajstić information content (AvgIpc) is 2.79. The number of nitrogens with two attached hydrogens (primary N) is 1. The quantitative estimate of drug-likeness (QED) is 0.637. The van der Waals surface area contributed by atoms with E-state index >= 15 is 0 Å². The van der Waals surface area contributed by atoms with E-state index in [1.165, 1.54) is 5.56 Å². The van der Waals surface area contributed by atoms with Crippen LogP contribution in [-0.2, 0) is 6.42 Å². The highest BCUT2D eigenvalue weighted by Crippen LogP contribution is 2.57. The van der Waals surface area contributed by atoms with Crippen molar-refractivity contribution in [3.8, 4) is 0 Å². The van der Waals surface area contributed by atoms with E-state index in [2.05, 4.69) is 13.0 Å². The van der Waals surface area contributed by atoms with Crippen LogP contribution in [0.25, 0.3) is 0 Å². The van der Waals surface area contributed by atoms with Crippen molar-refractivity contribution in [1.29, 1.82) is 0 Å². The van der Waals surface area contributed by atoms with E-state index in [1.54, 1.807) is 0 Å². The molecule has 1 aliphatic rings. The van der Waals surface area contributed by atoms with Gasteiger partial charge in [0, 0.05) is 5.69 Å². The molecule has 1 fully saturated rings. The smallest absolute Gasteiger partial charge is 0.121 e. The molecule has 82 valence electrons. The number of rotatable bonds is 3. The zero-order valence-electron chi connectivity index (χ0n) is 8.71. The molecule has 2 N–H and O–H groups in total. The predicted octanol–water partition coefficient (Wildman–Crippen LogP) is 3.64. The van der Waals surface area contributed by atoms with Crippen LogP contribution in [0.2, 0.25) is 0 Å². The van der Waals surface area contributed by atoms with Gasteiger partial charge in [0.05, 0.1) is 0 Å². The Labute approximate surface area is 101 Å². The molecular formula is C12H15Cl2N. The van der Waals surface area contributed by atoms with Crippen LogP contribution in [0.3, 0.4) is 0 Å². The summed E-state index contributed by atoms with van der Waals surface area (Å²) >= 11 is 12.1. The number of nitrogen functional groups attached to an aromatic ring is 1. The minimum absolute atomic E-state index is 0.417. The number of anilines is 1. The Balaban J connectivity index is 2.01. The van der Waals surface area contributed by atoms with Crippen molar-refractivity contribution in [2.24, 2.45) is 11.8 Å². The van der Waals surface area contributed by atoms with E-state index in [4.69, 9.17) is 28.9 Å². The third-order valence-corrected chi connectivity index (χ3v) is 4.03. The van der Waals surface area contributed by atoms with Crippen molar-refractivity contribution >= 4 is 28.9 Å². The lowest BCUT2D eigenvalue weighted by atomic mass is 9.96. The maximum atomic E-state index is 6.04. The number of hydrogen-bond donors (Lipinski definition) is 1. The molecule has 0 aromatic heterocycles. The second kappa shape index (κ2) is 3.88. The Morgan fingerprint density at radius 1 is 1.47 bits per heavy atom. The van der Waals surface area contributed by atoms with E-state index in [1.807, 2.05) is 18.2 Å². The van der Waals surface area contributed by atoms with Crippen LogP contribution in [0.15, 0.2) is 24.3 Å². The normalized spacial score (nSPS) is 24.9. The van der Waals surface area contributed by atoms with Crippen LogP contribution in [0, 0.1) is 11.8 Å². The summed E-state index contributed by atoms with van der Waals surface area (Å²) in [5, 5.41) is 0. The fourth-order valence-electron chi connectivity index (χ4n) is 2.06. The van der Waals surface area contributed by atoms with Crippen molar-refractivity contribution in [1.82, 2.24) is 0 Å². The van der Waals surface area contributed by atoms with E-state index in [-0.39, 0.29) is 0 Å². The molecule has 2 unspecified atom stereocenters. The number of hydrogen-bond acceptors (Lipinski definition) is 1. The molecule has 0 spiro atoms. The Morgan fingerprint density at radius 2 is 2.07 bits per heavy atom. The first kappa shape index (κ1) is 11.1. The Bertz CT molecular complexity index is 362. The van der Waals surface area contributed by atoms with Gasteiger partial charge < -0.3 is 5.73 Å². The van der Waals surface area contributed by atoms with Gasteiger partial charge in [-0.3, -0.25) is 0 Å². The molecule has 0 radical (unpaired) electrons. The van der Waals surface area contributed by atoms with Crippen LogP contribution in [0.1, 0.15) is 18.9 Å². The maximum absolute atomic E-state index is 6.04. The summed E-state index contributed by atoms with van der Waals surface area (Å²) in [6.45, 7) is 2.18. The van der Waals surface area contributed by atoms with Gasteiger partial charge in [0.25, 0.3) is 0 Å². The van der Waals surface area contributed by atoms with Gasteiger partial charge in [0.15, 0.2) is 0 Å². The minimum Gasteiger partial charge on any atom is -0.399 e. The van der Waals surface area contributed by atoms with Crippen molar-refractivity contribution in [2.45, 2.75) is 24.1 Å². The number of halogens is 2. The topological polar surface area (TPSA) is 26.0 Å². The summed E-state index contributed by atoms with van der Waals surface area (Å²) in [7, 11) is 0. The van der Waals surface area contributed by atoms with Crippen molar-refractivity contribution in [3.05, 3.63) is 29.8 Å². The van der Waals surface area contributed by atoms with Gasteiger partial charge in [0.2, 0.25) is 0 Å². The number of para-hydroxylation sites is 1. The number of alkyl halides is 2. The highest BCUT2D eigenvalue weighted by Gasteiger charge is 2.53. The largest absolute Gasteiger partial charge is 0.399 e. The second-order valence-electron chi connectivity index (χ2n) is 4.45. The lowest BCUT2D eigenvalue weighted by Crippen LogP contribution is -2.08. The number of benzene rings is 1. The van der Waals surface area contributed by atoms with Crippen LogP contribution in [0.5, 0.6) is 0 Å². The van der Waals surface area contributed by atoms with Crippen LogP contribution < -0.4 is 5.73 Å². The summed E-state index contributed by atoms with van der Waals surface area (Å²) in [5.74, 6) is 0.908. The molecule has 1 saturated carbocycles. The molecule has 0 amide bonds. The van der Waals surface area contributed by atoms with Gasteiger partial charge in [-0.1, -0.05) is 25.1 Å². The lowest BCUT2D eigenvalue weighted by molar-refractivity contribution is 0.503. The first-order valence-corrected chi connectivity index (χ1v) is 5.97. The Hall–Kier alpha value is -0.400. The fraction of sp³-hybridized carbons (Fsp3) is 0.500. The van der Waals surface area contributed by atoms with Crippen LogP contribution >= 0.6 is 23.2 Å². The first-order valence-electron chi connectivity index (χ1n) is 5.22. The molecule has 0 heterocycles. The summed E-state index contributed by atoms with van der Waals surface area (Å²) in [6.07, 6.45) is 1.86. The van der Waals surface area contributed by atoms with Crippen LogP contribution in [-0.4, -0.2) is 4.33 Å². The van der Waals surface area contributed by atoms with Crippen molar-refractivity contribution in [3.63, 3.8) is 0 Å². The standard InChI is InChI=1S/C12H15Cl2N/c1-8(10-7-12(10,13)14)6-9-4-2-3-5-11(9)15/h2-5,8,10H,6-7,15H2,1H3. The highest BCUT2D eigenvalue weighted by atomic mass is 35.5. The van der Waals surface area contributed by atoms with Gasteiger partial charge in [-0.15, -0.1) is 23.2 Å². The summed E-state index contributed by atoms with van der Waals surface area (Å²) in [5.41, 5.74) is 7.95. The van der Waals surface area contributed by atoms with Crippen molar-refractivity contribution in [2.75, 3.05) is 5.73 Å². The van der Waals surface area contributed by atoms with Gasteiger partial charge in [-0.2, -0.15) is 0 Å². The Morgan fingerprint density at radius 3 is 2.60 bits per heavy atom. The molecule has 0 aliphatic heterocycles. The molecular weight excluding hydrogens is 229 g/mol. The third kappa shape index (κ3) is 2.40. The fourth-order valence-corrected chi connectivity index (χ4v) is 2.82. The summed E-state index contributed by atoms with van der Waals surface area (Å²) in [4.78, 5) is 0. The predicted molar refractivity (Wildman–Crippen MR) is 66.3 cm³/mol.